The second-order valence-electron chi connectivity index (χ2n) is 13.7. The lowest BCUT2D eigenvalue weighted by atomic mass is 10.0. The molecule has 3 aliphatic heterocycles. The highest BCUT2D eigenvalue weighted by molar-refractivity contribution is 7.90. The molecule has 1 saturated heterocycles. The van der Waals surface area contributed by atoms with Gasteiger partial charge in [-0.15, -0.1) is 0 Å². The molecule has 3 aliphatic rings. The van der Waals surface area contributed by atoms with Gasteiger partial charge in [0.25, 0.3) is 5.91 Å². The van der Waals surface area contributed by atoms with Gasteiger partial charge in [-0.05, 0) is 88.3 Å². The summed E-state index contributed by atoms with van der Waals surface area (Å²) in [6.07, 6.45) is 3.23. The standard InChI is InChI=1S/C21H29N3O4S.C15H18N2O4S/c1-4-29(26,27)24-19-6-5-15(21(25)23-11-7-16(28-3)8-12-23)13-17(19)18-14-22(2)10-9-20(18)24;1-3-22(20,21)17-13-5-4-10(15(18)19)8-11(13)12-9-16(2)7-6-14(12)17/h5-6,13,16H,4,7-12,14H2,1-3H3;4-5,8H,3,6-7,9H2,1-2H3,(H,18,19). The van der Waals surface area contributed by atoms with E-state index in [0.717, 1.165) is 59.2 Å². The predicted octanol–water partition coefficient (Wildman–Crippen LogP) is 3.60. The van der Waals surface area contributed by atoms with Crippen molar-refractivity contribution in [2.45, 2.75) is 58.7 Å². The van der Waals surface area contributed by atoms with Crippen LogP contribution in [0.2, 0.25) is 0 Å². The molecule has 5 heterocycles. The van der Waals surface area contributed by atoms with E-state index in [1.807, 2.05) is 25.1 Å². The fourth-order valence-electron chi connectivity index (χ4n) is 7.54. The van der Waals surface area contributed by atoms with Crippen molar-refractivity contribution in [3.05, 3.63) is 70.0 Å². The minimum Gasteiger partial charge on any atom is -0.478 e. The Balaban J connectivity index is 0.000000183. The highest BCUT2D eigenvalue weighted by atomic mass is 32.2. The Morgan fingerprint density at radius 2 is 1.20 bits per heavy atom. The number of amides is 1. The van der Waals surface area contributed by atoms with E-state index in [0.29, 0.717) is 55.6 Å². The van der Waals surface area contributed by atoms with Gasteiger partial charge in [0.2, 0.25) is 20.0 Å². The van der Waals surface area contributed by atoms with Crippen LogP contribution in [0, 0.1) is 0 Å². The molecule has 1 N–H and O–H groups in total. The normalized spacial score (nSPS) is 17.6. The monoisotopic (exact) mass is 741 g/mol. The van der Waals surface area contributed by atoms with Crippen LogP contribution in [-0.2, 0) is 50.7 Å². The van der Waals surface area contributed by atoms with Crippen LogP contribution in [0.1, 0.15) is 69.9 Å². The number of carboxylic acid groups (broad SMARTS) is 1. The summed E-state index contributed by atoms with van der Waals surface area (Å²) in [5.74, 6) is -0.940. The molecule has 4 aromatic rings. The number of likely N-dealkylation sites (N-methyl/N-ethyl adjacent to an activating group) is 2. The van der Waals surface area contributed by atoms with Crippen LogP contribution in [0.5, 0.6) is 0 Å². The lowest BCUT2D eigenvalue weighted by Gasteiger charge is -2.31. The molecular formula is C36H47N5O8S2. The van der Waals surface area contributed by atoms with E-state index in [2.05, 4.69) is 9.80 Å². The molecule has 276 valence electrons. The Bertz CT molecular complexity index is 2220. The molecular weight excluding hydrogens is 695 g/mol. The van der Waals surface area contributed by atoms with Crippen LogP contribution in [0.3, 0.4) is 0 Å². The van der Waals surface area contributed by atoms with E-state index in [9.17, 15) is 31.5 Å². The second-order valence-corrected chi connectivity index (χ2v) is 17.9. The quantitative estimate of drug-likeness (QED) is 0.298. The summed E-state index contributed by atoms with van der Waals surface area (Å²) >= 11 is 0. The molecule has 51 heavy (non-hydrogen) atoms. The first kappa shape index (κ1) is 37.0. The molecule has 0 bridgehead atoms. The summed E-state index contributed by atoms with van der Waals surface area (Å²) in [5, 5.41) is 10.8. The third-order valence-corrected chi connectivity index (χ3v) is 13.8. The lowest BCUT2D eigenvalue weighted by molar-refractivity contribution is 0.0350. The predicted molar refractivity (Wildman–Crippen MR) is 197 cm³/mol. The van der Waals surface area contributed by atoms with Crippen LogP contribution in [0.4, 0.5) is 0 Å². The topological polar surface area (TPSA) is 151 Å². The van der Waals surface area contributed by atoms with Gasteiger partial charge >= 0.3 is 5.97 Å². The van der Waals surface area contributed by atoms with Crippen LogP contribution in [0.25, 0.3) is 21.8 Å². The molecule has 15 heteroatoms. The number of carboxylic acids is 1. The number of rotatable bonds is 7. The highest BCUT2D eigenvalue weighted by Crippen LogP contribution is 2.34. The number of hydrogen-bond donors (Lipinski definition) is 1. The van der Waals surface area contributed by atoms with Crippen molar-refractivity contribution in [2.75, 3.05) is 58.9 Å². The number of aromatic carboxylic acids is 1. The summed E-state index contributed by atoms with van der Waals surface area (Å²) in [5.41, 5.74) is 5.66. The SMILES string of the molecule is CCS(=O)(=O)n1c2c(c3cc(C(=O)N4CCC(OC)CC4)ccc31)CN(C)CC2.CCS(=O)(=O)n1c2c(c3cc(C(=O)O)ccc31)CN(C)CC2. The molecule has 2 aromatic heterocycles. The number of ether oxygens (including phenoxy) is 1. The van der Waals surface area contributed by atoms with E-state index in [1.54, 1.807) is 45.2 Å². The van der Waals surface area contributed by atoms with E-state index in [4.69, 9.17) is 4.74 Å². The van der Waals surface area contributed by atoms with Crippen molar-refractivity contribution in [1.82, 2.24) is 22.6 Å². The van der Waals surface area contributed by atoms with E-state index in [-0.39, 0.29) is 29.1 Å². The lowest BCUT2D eigenvalue weighted by Crippen LogP contribution is -2.40. The van der Waals surface area contributed by atoms with E-state index in [1.165, 1.54) is 14.0 Å². The van der Waals surface area contributed by atoms with Crippen LogP contribution < -0.4 is 0 Å². The number of benzene rings is 2. The van der Waals surface area contributed by atoms with Crippen molar-refractivity contribution >= 4 is 53.7 Å². The van der Waals surface area contributed by atoms with Crippen molar-refractivity contribution in [3.8, 4) is 0 Å². The minimum absolute atomic E-state index is 0.00506. The first-order valence-corrected chi connectivity index (χ1v) is 20.6. The van der Waals surface area contributed by atoms with Crippen molar-refractivity contribution in [2.24, 2.45) is 0 Å². The second kappa shape index (κ2) is 14.3. The average molecular weight is 742 g/mol. The molecule has 0 atom stereocenters. The molecule has 0 aliphatic carbocycles. The Kier molecular flexibility index (Phi) is 10.4. The molecule has 0 unspecified atom stereocenters. The molecule has 1 fully saturated rings. The zero-order valence-electron chi connectivity index (χ0n) is 29.9. The first-order chi connectivity index (χ1) is 24.2. The molecule has 1 amide bonds. The van der Waals surface area contributed by atoms with Crippen LogP contribution in [-0.4, -0.2) is 121 Å². The third-order valence-electron chi connectivity index (χ3n) is 10.4. The van der Waals surface area contributed by atoms with Gasteiger partial charge < -0.3 is 24.5 Å². The van der Waals surface area contributed by atoms with Gasteiger partial charge in [-0.3, -0.25) is 4.79 Å². The molecule has 13 nitrogen and oxygen atoms in total. The maximum absolute atomic E-state index is 13.1. The van der Waals surface area contributed by atoms with Crippen molar-refractivity contribution < 1.29 is 36.3 Å². The number of piperidine rings is 1. The fraction of sp³-hybridized carbons (Fsp3) is 0.500. The maximum Gasteiger partial charge on any atom is 0.335 e. The molecule has 2 aromatic carbocycles. The van der Waals surface area contributed by atoms with E-state index >= 15 is 0 Å². The van der Waals surface area contributed by atoms with Gasteiger partial charge in [-0.1, -0.05) is 0 Å². The summed E-state index contributed by atoms with van der Waals surface area (Å²) < 4.78 is 58.9. The van der Waals surface area contributed by atoms with Crippen LogP contribution in [0.15, 0.2) is 36.4 Å². The molecule has 0 saturated carbocycles. The highest BCUT2D eigenvalue weighted by Gasteiger charge is 2.30. The summed E-state index contributed by atoms with van der Waals surface area (Å²) in [7, 11) is -1.11. The number of methoxy groups -OCH3 is 1. The summed E-state index contributed by atoms with van der Waals surface area (Å²) in [4.78, 5) is 30.5. The van der Waals surface area contributed by atoms with Gasteiger partial charge in [-0.2, -0.15) is 0 Å². The Hall–Kier alpha value is -3.76. The third kappa shape index (κ3) is 6.93. The number of aromatic nitrogens is 2. The fourth-order valence-corrected chi connectivity index (χ4v) is 10.1. The zero-order valence-corrected chi connectivity index (χ0v) is 31.5. The molecule has 0 radical (unpaired) electrons. The molecule has 0 spiro atoms. The number of nitrogens with zero attached hydrogens (tertiary/aromatic N) is 5. The van der Waals surface area contributed by atoms with Gasteiger partial charge in [0.15, 0.2) is 0 Å². The van der Waals surface area contributed by atoms with E-state index < -0.39 is 26.0 Å². The van der Waals surface area contributed by atoms with Gasteiger partial charge in [0.05, 0.1) is 34.2 Å². The van der Waals surface area contributed by atoms with Crippen LogP contribution >= 0.6 is 0 Å². The Morgan fingerprint density at radius 1 is 0.745 bits per heavy atom. The number of carbonyl (C=O) groups is 2. The van der Waals surface area contributed by atoms with Gasteiger partial charge in [0.1, 0.15) is 0 Å². The Morgan fingerprint density at radius 3 is 1.63 bits per heavy atom. The van der Waals surface area contributed by atoms with Crippen molar-refractivity contribution in [1.29, 1.82) is 0 Å². The maximum atomic E-state index is 13.1. The number of fused-ring (bicyclic) bond motifs is 6. The average Bonchev–Trinajstić information content (AvgIpc) is 3.63. The van der Waals surface area contributed by atoms with Gasteiger partial charge in [0, 0.05) is 86.9 Å². The zero-order chi connectivity index (χ0) is 36.8. The Labute approximate surface area is 299 Å². The number of likely N-dealkylation sites (tertiary alicyclic amines) is 1. The minimum atomic E-state index is -3.42. The van der Waals surface area contributed by atoms with Gasteiger partial charge in [-0.25, -0.2) is 29.6 Å². The largest absolute Gasteiger partial charge is 0.478 e. The number of carbonyl (C=O) groups excluding carboxylic acids is 1. The summed E-state index contributed by atoms with van der Waals surface area (Å²) in [6.45, 7) is 7.58. The van der Waals surface area contributed by atoms with Crippen molar-refractivity contribution in [3.63, 3.8) is 0 Å². The number of hydrogen-bond acceptors (Lipinski definition) is 9. The molecule has 7 rings (SSSR count). The summed E-state index contributed by atoms with van der Waals surface area (Å²) in [6, 6.07) is 10.1. The first-order valence-electron chi connectivity index (χ1n) is 17.4. The smallest absolute Gasteiger partial charge is 0.335 e.